The van der Waals surface area contributed by atoms with Crippen LogP contribution in [0.5, 0.6) is 11.5 Å². The lowest BCUT2D eigenvalue weighted by Gasteiger charge is -2.11. The average Bonchev–Trinajstić information content (AvgIpc) is 2.88. The van der Waals surface area contributed by atoms with Gasteiger partial charge in [0.1, 0.15) is 11.6 Å². The Morgan fingerprint density at radius 1 is 0.914 bits per heavy atom. The van der Waals surface area contributed by atoms with E-state index in [0.717, 1.165) is 5.56 Å². The van der Waals surface area contributed by atoms with E-state index in [-0.39, 0.29) is 28.3 Å². The zero-order valence-electron chi connectivity index (χ0n) is 19.3. The number of nitrogens with zero attached hydrogens (tertiary/aromatic N) is 1. The van der Waals surface area contributed by atoms with E-state index in [4.69, 9.17) is 14.2 Å². The first-order valence-corrected chi connectivity index (χ1v) is 10.4. The van der Waals surface area contributed by atoms with Crippen LogP contribution in [0.25, 0.3) is 6.08 Å². The number of nitrogens with one attached hydrogen (secondary N) is 1. The lowest BCUT2D eigenvalue weighted by atomic mass is 10.1. The van der Waals surface area contributed by atoms with E-state index in [1.165, 1.54) is 44.6 Å². The first-order valence-electron chi connectivity index (χ1n) is 10.4. The SMILES string of the molecule is COC(=O)c1ccccc1NC(=O)C(C#N)=Cc1ccc(OC(=O)c2ccc(C)cc2)c(OC)c1. The molecule has 0 aliphatic carbocycles. The average molecular weight is 470 g/mol. The van der Waals surface area contributed by atoms with Crippen LogP contribution in [0.3, 0.4) is 0 Å². The predicted molar refractivity (Wildman–Crippen MR) is 129 cm³/mol. The monoisotopic (exact) mass is 470 g/mol. The summed E-state index contributed by atoms with van der Waals surface area (Å²) in [6, 6.07) is 19.7. The fourth-order valence-electron chi connectivity index (χ4n) is 3.09. The van der Waals surface area contributed by atoms with Crippen LogP contribution in [0.1, 0.15) is 31.8 Å². The van der Waals surface area contributed by atoms with Crippen molar-refractivity contribution in [2.24, 2.45) is 0 Å². The van der Waals surface area contributed by atoms with Gasteiger partial charge in [-0.3, -0.25) is 4.79 Å². The topological polar surface area (TPSA) is 115 Å². The highest BCUT2D eigenvalue weighted by molar-refractivity contribution is 6.12. The summed E-state index contributed by atoms with van der Waals surface area (Å²) < 4.78 is 15.5. The molecule has 0 atom stereocenters. The van der Waals surface area contributed by atoms with Gasteiger partial charge < -0.3 is 19.5 Å². The highest BCUT2D eigenvalue weighted by atomic mass is 16.6. The van der Waals surface area contributed by atoms with Crippen molar-refractivity contribution in [1.82, 2.24) is 0 Å². The second-order valence-corrected chi connectivity index (χ2v) is 7.33. The molecule has 0 heterocycles. The second kappa shape index (κ2) is 11.3. The Labute approximate surface area is 202 Å². The van der Waals surface area contributed by atoms with E-state index in [1.807, 2.05) is 13.0 Å². The minimum atomic E-state index is -0.710. The number of carbonyl (C=O) groups excluding carboxylic acids is 3. The fraction of sp³-hybridized carbons (Fsp3) is 0.111. The summed E-state index contributed by atoms with van der Waals surface area (Å²) in [5.74, 6) is -1.45. The maximum Gasteiger partial charge on any atom is 0.343 e. The predicted octanol–water partition coefficient (Wildman–Crippen LogP) is 4.56. The first-order chi connectivity index (χ1) is 16.9. The molecule has 8 heteroatoms. The zero-order chi connectivity index (χ0) is 25.4. The van der Waals surface area contributed by atoms with E-state index >= 15 is 0 Å². The number of para-hydroxylation sites is 1. The molecule has 0 radical (unpaired) electrons. The van der Waals surface area contributed by atoms with E-state index < -0.39 is 17.8 Å². The normalized spacial score (nSPS) is 10.6. The van der Waals surface area contributed by atoms with Crippen LogP contribution in [0, 0.1) is 18.3 Å². The Morgan fingerprint density at radius 2 is 1.63 bits per heavy atom. The van der Waals surface area contributed by atoms with E-state index in [1.54, 1.807) is 42.5 Å². The maximum atomic E-state index is 12.7. The third kappa shape index (κ3) is 6.12. The lowest BCUT2D eigenvalue weighted by molar-refractivity contribution is -0.112. The molecule has 0 fully saturated rings. The van der Waals surface area contributed by atoms with Gasteiger partial charge in [-0.25, -0.2) is 9.59 Å². The Bertz CT molecular complexity index is 1340. The molecule has 1 N–H and O–H groups in total. The van der Waals surface area contributed by atoms with Crippen LogP contribution in [-0.2, 0) is 9.53 Å². The molecule has 176 valence electrons. The number of nitriles is 1. The summed E-state index contributed by atoms with van der Waals surface area (Å²) in [5.41, 5.74) is 2.02. The van der Waals surface area contributed by atoms with Crippen LogP contribution in [0.2, 0.25) is 0 Å². The Morgan fingerprint density at radius 3 is 2.29 bits per heavy atom. The van der Waals surface area contributed by atoms with Gasteiger partial charge in [0.05, 0.1) is 31.0 Å². The van der Waals surface area contributed by atoms with Gasteiger partial charge >= 0.3 is 11.9 Å². The number of amides is 1. The van der Waals surface area contributed by atoms with Crippen LogP contribution >= 0.6 is 0 Å². The third-order valence-corrected chi connectivity index (χ3v) is 4.93. The third-order valence-electron chi connectivity index (χ3n) is 4.93. The minimum absolute atomic E-state index is 0.155. The summed E-state index contributed by atoms with van der Waals surface area (Å²) in [6.45, 7) is 1.91. The Hall–Kier alpha value is -4.90. The van der Waals surface area contributed by atoms with E-state index in [0.29, 0.717) is 11.1 Å². The highest BCUT2D eigenvalue weighted by Crippen LogP contribution is 2.30. The van der Waals surface area contributed by atoms with Gasteiger partial charge in [0, 0.05) is 0 Å². The van der Waals surface area contributed by atoms with Gasteiger partial charge in [0.15, 0.2) is 11.5 Å². The van der Waals surface area contributed by atoms with Crippen molar-refractivity contribution in [3.05, 3.63) is 94.6 Å². The molecule has 0 saturated heterocycles. The van der Waals surface area contributed by atoms with Crippen LogP contribution in [-0.4, -0.2) is 32.1 Å². The quantitative estimate of drug-likeness (QED) is 0.233. The van der Waals surface area contributed by atoms with E-state index in [2.05, 4.69) is 5.32 Å². The smallest absolute Gasteiger partial charge is 0.343 e. The standard InChI is InChI=1S/C27H22N2O6/c1-17-8-11-19(12-9-17)26(31)35-23-13-10-18(15-24(23)33-2)14-20(16-28)25(30)29-22-7-5-4-6-21(22)27(32)34-3/h4-15H,1-3H3,(H,29,30). The molecule has 3 rings (SSSR count). The second-order valence-electron chi connectivity index (χ2n) is 7.33. The Balaban J connectivity index is 1.82. The molecule has 0 spiro atoms. The largest absolute Gasteiger partial charge is 0.493 e. The van der Waals surface area contributed by atoms with Crippen molar-refractivity contribution in [2.75, 3.05) is 19.5 Å². The number of rotatable bonds is 7. The number of methoxy groups -OCH3 is 2. The number of esters is 2. The number of hydrogen-bond donors (Lipinski definition) is 1. The van der Waals surface area contributed by atoms with Crippen LogP contribution in [0.15, 0.2) is 72.3 Å². The number of anilines is 1. The van der Waals surface area contributed by atoms with Crippen molar-refractivity contribution in [3.8, 4) is 17.6 Å². The fourth-order valence-corrected chi connectivity index (χ4v) is 3.09. The molecule has 0 aliphatic heterocycles. The molecular formula is C27H22N2O6. The van der Waals surface area contributed by atoms with Crippen molar-refractivity contribution in [3.63, 3.8) is 0 Å². The number of ether oxygens (including phenoxy) is 3. The van der Waals surface area contributed by atoms with Gasteiger partial charge in [-0.1, -0.05) is 35.9 Å². The molecular weight excluding hydrogens is 448 g/mol. The molecule has 35 heavy (non-hydrogen) atoms. The van der Waals surface area contributed by atoms with Crippen molar-refractivity contribution < 1.29 is 28.6 Å². The molecule has 3 aromatic carbocycles. The van der Waals surface area contributed by atoms with Crippen molar-refractivity contribution >= 4 is 29.6 Å². The Kier molecular flexibility index (Phi) is 7.98. The minimum Gasteiger partial charge on any atom is -0.493 e. The highest BCUT2D eigenvalue weighted by Gasteiger charge is 2.17. The van der Waals surface area contributed by atoms with Gasteiger partial charge in [0.2, 0.25) is 0 Å². The molecule has 3 aromatic rings. The molecule has 0 unspecified atom stereocenters. The number of hydrogen-bond acceptors (Lipinski definition) is 7. The van der Waals surface area contributed by atoms with Crippen molar-refractivity contribution in [1.29, 1.82) is 5.26 Å². The summed E-state index contributed by atoms with van der Waals surface area (Å²) in [4.78, 5) is 37.1. The summed E-state index contributed by atoms with van der Waals surface area (Å²) in [5, 5.41) is 12.1. The first kappa shape index (κ1) is 24.7. The van der Waals surface area contributed by atoms with Gasteiger partial charge in [0.25, 0.3) is 5.91 Å². The summed E-state index contributed by atoms with van der Waals surface area (Å²) in [7, 11) is 2.64. The van der Waals surface area contributed by atoms with Gasteiger partial charge in [-0.15, -0.1) is 0 Å². The lowest BCUT2D eigenvalue weighted by Crippen LogP contribution is -2.16. The maximum absolute atomic E-state index is 12.7. The number of aryl methyl sites for hydroxylation is 1. The van der Waals surface area contributed by atoms with Crippen LogP contribution in [0.4, 0.5) is 5.69 Å². The summed E-state index contributed by atoms with van der Waals surface area (Å²) in [6.07, 6.45) is 1.35. The number of carbonyl (C=O) groups is 3. The summed E-state index contributed by atoms with van der Waals surface area (Å²) >= 11 is 0. The molecule has 0 saturated carbocycles. The van der Waals surface area contributed by atoms with E-state index in [9.17, 15) is 19.6 Å². The molecule has 0 bridgehead atoms. The zero-order valence-corrected chi connectivity index (χ0v) is 19.3. The van der Waals surface area contributed by atoms with Crippen molar-refractivity contribution in [2.45, 2.75) is 6.92 Å². The molecule has 0 aromatic heterocycles. The molecule has 8 nitrogen and oxygen atoms in total. The molecule has 1 amide bonds. The molecule has 0 aliphatic rings. The number of benzene rings is 3. The van der Waals surface area contributed by atoms with Gasteiger partial charge in [-0.2, -0.15) is 5.26 Å². The van der Waals surface area contributed by atoms with Crippen LogP contribution < -0.4 is 14.8 Å². The van der Waals surface area contributed by atoms with Gasteiger partial charge in [-0.05, 0) is 55.0 Å².